The molecule has 0 bridgehead atoms. The highest BCUT2D eigenvalue weighted by Gasteiger charge is 2.36. The molecule has 2 heterocycles. The van der Waals surface area contributed by atoms with Crippen LogP contribution in [0.2, 0.25) is 5.02 Å². The second-order valence-electron chi connectivity index (χ2n) is 8.52. The van der Waals surface area contributed by atoms with Crippen LogP contribution < -0.4 is 0 Å². The van der Waals surface area contributed by atoms with Crippen LogP contribution in [-0.2, 0) is 24.3 Å². The molecule has 0 radical (unpaired) electrons. The standard InChI is InChI=1S/C21H28ClNO5S2/c1-14-17-11-15(22)8-9-18(17)29-20(14)30(25,26)23-10-6-5-7-16(23)12-27-13-19(24)28-21(2,3)4/h8-9,11,16H,5-7,10,12-13H2,1-4H3/t16-/m0/s1. The van der Waals surface area contributed by atoms with Crippen LogP contribution in [0.1, 0.15) is 45.6 Å². The quantitative estimate of drug-likeness (QED) is 0.565. The van der Waals surface area contributed by atoms with Crippen LogP contribution in [0.3, 0.4) is 0 Å². The molecule has 0 spiro atoms. The van der Waals surface area contributed by atoms with Crippen molar-refractivity contribution in [1.29, 1.82) is 0 Å². The molecule has 1 aromatic carbocycles. The number of aryl methyl sites for hydroxylation is 1. The van der Waals surface area contributed by atoms with Gasteiger partial charge < -0.3 is 9.47 Å². The van der Waals surface area contributed by atoms with Crippen molar-refractivity contribution in [1.82, 2.24) is 4.31 Å². The summed E-state index contributed by atoms with van der Waals surface area (Å²) < 4.78 is 40.6. The largest absolute Gasteiger partial charge is 0.458 e. The maximum absolute atomic E-state index is 13.5. The summed E-state index contributed by atoms with van der Waals surface area (Å²) in [6, 6.07) is 5.12. The Kier molecular flexibility index (Phi) is 7.14. The Morgan fingerprint density at radius 2 is 2.03 bits per heavy atom. The van der Waals surface area contributed by atoms with Crippen molar-refractivity contribution >= 4 is 49.0 Å². The summed E-state index contributed by atoms with van der Waals surface area (Å²) in [6.07, 6.45) is 2.42. The van der Waals surface area contributed by atoms with Crippen molar-refractivity contribution in [3.63, 3.8) is 0 Å². The van der Waals surface area contributed by atoms with E-state index < -0.39 is 21.6 Å². The van der Waals surface area contributed by atoms with Gasteiger partial charge in [0.15, 0.2) is 0 Å². The first-order chi connectivity index (χ1) is 14.0. The van der Waals surface area contributed by atoms with E-state index in [1.165, 1.54) is 15.6 Å². The molecule has 3 rings (SSSR count). The lowest BCUT2D eigenvalue weighted by Crippen LogP contribution is -2.46. The number of nitrogens with zero attached hydrogens (tertiary/aromatic N) is 1. The summed E-state index contributed by atoms with van der Waals surface area (Å²) in [5.41, 5.74) is 0.138. The maximum atomic E-state index is 13.5. The number of esters is 1. The zero-order valence-electron chi connectivity index (χ0n) is 17.7. The van der Waals surface area contributed by atoms with Gasteiger partial charge in [-0.15, -0.1) is 11.3 Å². The van der Waals surface area contributed by atoms with Gasteiger partial charge in [0.1, 0.15) is 16.4 Å². The number of sulfonamides is 1. The van der Waals surface area contributed by atoms with Crippen LogP contribution in [0.25, 0.3) is 10.1 Å². The SMILES string of the molecule is Cc1c(S(=O)(=O)N2CCCC[C@H]2COCC(=O)OC(C)(C)C)sc2ccc(Cl)cc12. The highest BCUT2D eigenvalue weighted by Crippen LogP contribution is 2.38. The third-order valence-corrected chi connectivity index (χ3v) is 8.98. The molecule has 1 saturated heterocycles. The fourth-order valence-corrected chi connectivity index (χ4v) is 7.34. The molecular formula is C21H28ClNO5S2. The molecule has 1 fully saturated rings. The van der Waals surface area contributed by atoms with E-state index in [0.29, 0.717) is 22.2 Å². The molecule has 30 heavy (non-hydrogen) atoms. The van der Waals surface area contributed by atoms with Gasteiger partial charge in [0.2, 0.25) is 0 Å². The Bertz CT molecular complexity index is 1030. The first-order valence-corrected chi connectivity index (χ1v) is 12.6. The lowest BCUT2D eigenvalue weighted by molar-refractivity contribution is -0.160. The van der Waals surface area contributed by atoms with Crippen molar-refractivity contribution in [2.24, 2.45) is 0 Å². The Labute approximate surface area is 187 Å². The molecule has 0 unspecified atom stereocenters. The number of fused-ring (bicyclic) bond motifs is 1. The van der Waals surface area contributed by atoms with Gasteiger partial charge in [-0.25, -0.2) is 13.2 Å². The van der Waals surface area contributed by atoms with Crippen LogP contribution in [0.4, 0.5) is 0 Å². The molecule has 1 aromatic heterocycles. The van der Waals surface area contributed by atoms with E-state index in [-0.39, 0.29) is 19.3 Å². The van der Waals surface area contributed by atoms with Crippen molar-refractivity contribution in [2.45, 2.75) is 62.8 Å². The summed E-state index contributed by atoms with van der Waals surface area (Å²) in [5.74, 6) is -0.454. The fourth-order valence-electron chi connectivity index (χ4n) is 3.63. The summed E-state index contributed by atoms with van der Waals surface area (Å²) in [4.78, 5) is 11.9. The van der Waals surface area contributed by atoms with E-state index in [4.69, 9.17) is 21.1 Å². The van der Waals surface area contributed by atoms with Crippen LogP contribution >= 0.6 is 22.9 Å². The minimum absolute atomic E-state index is 0.161. The number of hydrogen-bond acceptors (Lipinski definition) is 6. The van der Waals surface area contributed by atoms with Crippen LogP contribution in [0.5, 0.6) is 0 Å². The van der Waals surface area contributed by atoms with Gasteiger partial charge in [0.05, 0.1) is 6.61 Å². The minimum atomic E-state index is -3.68. The lowest BCUT2D eigenvalue weighted by Gasteiger charge is -2.34. The zero-order chi connectivity index (χ0) is 22.1. The van der Waals surface area contributed by atoms with E-state index in [1.54, 1.807) is 32.9 Å². The normalized spacial score (nSPS) is 18.6. The molecule has 1 aliphatic rings. The van der Waals surface area contributed by atoms with E-state index >= 15 is 0 Å². The molecule has 0 amide bonds. The smallest absolute Gasteiger partial charge is 0.332 e. The number of piperidine rings is 1. The molecule has 1 aliphatic heterocycles. The molecule has 9 heteroatoms. The van der Waals surface area contributed by atoms with Gasteiger partial charge in [-0.1, -0.05) is 18.0 Å². The van der Waals surface area contributed by atoms with Gasteiger partial charge in [-0.05, 0) is 69.7 Å². The van der Waals surface area contributed by atoms with E-state index in [0.717, 1.165) is 28.5 Å². The first-order valence-electron chi connectivity index (χ1n) is 9.99. The molecular weight excluding hydrogens is 446 g/mol. The average Bonchev–Trinajstić information content (AvgIpc) is 2.97. The first kappa shape index (κ1) is 23.5. The maximum Gasteiger partial charge on any atom is 0.332 e. The fraction of sp³-hybridized carbons (Fsp3) is 0.571. The highest BCUT2D eigenvalue weighted by atomic mass is 35.5. The molecule has 0 saturated carbocycles. The Morgan fingerprint density at radius 1 is 1.30 bits per heavy atom. The lowest BCUT2D eigenvalue weighted by atomic mass is 10.1. The predicted octanol–water partition coefficient (Wildman–Crippen LogP) is 4.76. The summed E-state index contributed by atoms with van der Waals surface area (Å²) in [5, 5.41) is 1.44. The van der Waals surface area contributed by atoms with E-state index in [9.17, 15) is 13.2 Å². The molecule has 0 aliphatic carbocycles. The molecule has 6 nitrogen and oxygen atoms in total. The Hall–Kier alpha value is -1.19. The summed E-state index contributed by atoms with van der Waals surface area (Å²) in [6.45, 7) is 7.61. The van der Waals surface area contributed by atoms with Crippen LogP contribution in [-0.4, -0.2) is 50.1 Å². The number of rotatable bonds is 6. The Balaban J connectivity index is 1.77. The zero-order valence-corrected chi connectivity index (χ0v) is 20.1. The molecule has 166 valence electrons. The number of halogens is 1. The van der Waals surface area contributed by atoms with Gasteiger partial charge >= 0.3 is 5.97 Å². The van der Waals surface area contributed by atoms with E-state index in [2.05, 4.69) is 0 Å². The minimum Gasteiger partial charge on any atom is -0.458 e. The topological polar surface area (TPSA) is 72.9 Å². The van der Waals surface area contributed by atoms with Crippen molar-refractivity contribution < 1.29 is 22.7 Å². The second-order valence-corrected chi connectivity index (χ2v) is 12.1. The average molecular weight is 474 g/mol. The van der Waals surface area contributed by atoms with Crippen molar-refractivity contribution in [2.75, 3.05) is 19.8 Å². The molecule has 2 aromatic rings. The third-order valence-electron chi connectivity index (χ3n) is 4.92. The third kappa shape index (κ3) is 5.34. The summed E-state index contributed by atoms with van der Waals surface area (Å²) >= 11 is 7.37. The number of carbonyl (C=O) groups excluding carboxylic acids is 1. The van der Waals surface area contributed by atoms with Gasteiger partial charge in [0, 0.05) is 22.3 Å². The van der Waals surface area contributed by atoms with Gasteiger partial charge in [0.25, 0.3) is 10.0 Å². The predicted molar refractivity (Wildman–Crippen MR) is 120 cm³/mol. The highest BCUT2D eigenvalue weighted by molar-refractivity contribution is 7.91. The van der Waals surface area contributed by atoms with Crippen molar-refractivity contribution in [3.05, 3.63) is 28.8 Å². The molecule has 1 atom stereocenters. The number of hydrogen-bond donors (Lipinski definition) is 0. The summed E-state index contributed by atoms with van der Waals surface area (Å²) in [7, 11) is -3.68. The number of thiophene rings is 1. The van der Waals surface area contributed by atoms with Gasteiger partial charge in [-0.3, -0.25) is 0 Å². The number of carbonyl (C=O) groups is 1. The van der Waals surface area contributed by atoms with Crippen LogP contribution in [0, 0.1) is 6.92 Å². The monoisotopic (exact) mass is 473 g/mol. The Morgan fingerprint density at radius 3 is 2.73 bits per heavy atom. The molecule has 0 N–H and O–H groups in total. The van der Waals surface area contributed by atoms with Crippen LogP contribution in [0.15, 0.2) is 22.4 Å². The van der Waals surface area contributed by atoms with Gasteiger partial charge in [-0.2, -0.15) is 4.31 Å². The second kappa shape index (κ2) is 9.12. The number of ether oxygens (including phenoxy) is 2. The van der Waals surface area contributed by atoms with E-state index in [1.807, 2.05) is 13.0 Å². The number of benzene rings is 1. The van der Waals surface area contributed by atoms with Crippen molar-refractivity contribution in [3.8, 4) is 0 Å².